The molecule has 20 heavy (non-hydrogen) atoms. The van der Waals surface area contributed by atoms with E-state index in [1.165, 1.54) is 17.3 Å². The quantitative estimate of drug-likeness (QED) is 0.830. The first-order chi connectivity index (χ1) is 9.54. The molecule has 0 aromatic heterocycles. The molecule has 0 aliphatic carbocycles. The van der Waals surface area contributed by atoms with Crippen LogP contribution >= 0.6 is 23.4 Å². The number of aliphatic carboxylic acids is 1. The van der Waals surface area contributed by atoms with Gasteiger partial charge in [0.15, 0.2) is 0 Å². The Bertz CT molecular complexity index is 531. The van der Waals surface area contributed by atoms with E-state index in [1.807, 2.05) is 43.3 Å². The van der Waals surface area contributed by atoms with Gasteiger partial charge in [0, 0.05) is 9.92 Å². The summed E-state index contributed by atoms with van der Waals surface area (Å²) in [5, 5.41) is 9.51. The number of hydrogen-bond acceptors (Lipinski definition) is 2. The second kappa shape index (κ2) is 6.82. The Morgan fingerprint density at radius 1 is 1.15 bits per heavy atom. The van der Waals surface area contributed by atoms with E-state index in [9.17, 15) is 9.90 Å². The lowest BCUT2D eigenvalue weighted by Crippen LogP contribution is -2.19. The van der Waals surface area contributed by atoms with Crippen LogP contribution in [0.2, 0.25) is 5.02 Å². The maximum absolute atomic E-state index is 11.4. The molecule has 1 atom stereocenters. The molecule has 0 spiro atoms. The van der Waals surface area contributed by atoms with Crippen molar-refractivity contribution in [3.8, 4) is 0 Å². The lowest BCUT2D eigenvalue weighted by Gasteiger charge is -2.12. The van der Waals surface area contributed by atoms with Crippen molar-refractivity contribution in [1.82, 2.24) is 0 Å². The predicted molar refractivity (Wildman–Crippen MR) is 83.6 cm³/mol. The van der Waals surface area contributed by atoms with E-state index >= 15 is 0 Å². The molecule has 0 fully saturated rings. The summed E-state index contributed by atoms with van der Waals surface area (Å²) in [6.45, 7) is 2.01. The molecule has 0 unspecified atom stereocenters. The second-order valence-corrected chi connectivity index (χ2v) is 6.30. The summed E-state index contributed by atoms with van der Waals surface area (Å²) in [5.41, 5.74) is 2.20. The maximum atomic E-state index is 11.4. The highest BCUT2D eigenvalue weighted by Crippen LogP contribution is 2.27. The molecule has 0 bridgehead atoms. The van der Waals surface area contributed by atoms with Gasteiger partial charge in [-0.1, -0.05) is 41.4 Å². The minimum atomic E-state index is -0.800. The number of carboxylic acids is 1. The Balaban J connectivity index is 2.09. The average Bonchev–Trinajstić information content (AvgIpc) is 2.42. The summed E-state index contributed by atoms with van der Waals surface area (Å²) in [6.07, 6.45) is 0.503. The van der Waals surface area contributed by atoms with Crippen molar-refractivity contribution in [3.05, 3.63) is 64.7 Å². The van der Waals surface area contributed by atoms with Gasteiger partial charge in [0.25, 0.3) is 0 Å². The van der Waals surface area contributed by atoms with Gasteiger partial charge in [0.1, 0.15) is 5.25 Å². The zero-order chi connectivity index (χ0) is 14.5. The number of rotatable bonds is 5. The van der Waals surface area contributed by atoms with E-state index in [2.05, 4.69) is 0 Å². The number of thioether (sulfide) groups is 1. The number of hydrogen-bond donors (Lipinski definition) is 1. The molecule has 1 N–H and O–H groups in total. The van der Waals surface area contributed by atoms with Crippen molar-refractivity contribution in [2.45, 2.75) is 23.5 Å². The molecule has 104 valence electrons. The summed E-state index contributed by atoms with van der Waals surface area (Å²) in [6, 6.07) is 15.2. The zero-order valence-electron chi connectivity index (χ0n) is 11.0. The first kappa shape index (κ1) is 14.9. The molecule has 2 aromatic rings. The van der Waals surface area contributed by atoms with Crippen molar-refractivity contribution in [2.24, 2.45) is 0 Å². The summed E-state index contributed by atoms with van der Waals surface area (Å²) in [5.74, 6) is -0.800. The lowest BCUT2D eigenvalue weighted by atomic mass is 10.1. The van der Waals surface area contributed by atoms with Gasteiger partial charge in [-0.15, -0.1) is 11.8 Å². The van der Waals surface area contributed by atoms with Gasteiger partial charge < -0.3 is 5.11 Å². The van der Waals surface area contributed by atoms with E-state index in [-0.39, 0.29) is 0 Å². The van der Waals surface area contributed by atoms with E-state index in [4.69, 9.17) is 11.6 Å². The maximum Gasteiger partial charge on any atom is 0.317 e. The third-order valence-electron chi connectivity index (χ3n) is 2.91. The molecular weight excluding hydrogens is 292 g/mol. The highest BCUT2D eigenvalue weighted by Gasteiger charge is 2.19. The molecule has 0 saturated carbocycles. The van der Waals surface area contributed by atoms with E-state index in [1.54, 1.807) is 12.1 Å². The SMILES string of the molecule is Cc1ccc(C[C@@H](Sc2ccc(Cl)cc2)C(=O)O)cc1. The molecule has 2 nitrogen and oxygen atoms in total. The van der Waals surface area contributed by atoms with Crippen LogP contribution in [0.4, 0.5) is 0 Å². The molecule has 4 heteroatoms. The van der Waals surface area contributed by atoms with Crippen LogP contribution in [0.15, 0.2) is 53.4 Å². The molecule has 0 aliphatic rings. The number of benzene rings is 2. The number of carbonyl (C=O) groups is 1. The van der Waals surface area contributed by atoms with Crippen molar-refractivity contribution < 1.29 is 9.90 Å². The summed E-state index contributed by atoms with van der Waals surface area (Å²) in [4.78, 5) is 12.3. The van der Waals surface area contributed by atoms with Crippen molar-refractivity contribution >= 4 is 29.3 Å². The fourth-order valence-corrected chi connectivity index (χ4v) is 2.92. The molecule has 0 saturated heterocycles. The Labute approximate surface area is 127 Å². The van der Waals surface area contributed by atoms with Crippen molar-refractivity contribution in [2.75, 3.05) is 0 Å². The molecule has 0 aliphatic heterocycles. The van der Waals surface area contributed by atoms with Crippen LogP contribution in [0.3, 0.4) is 0 Å². The minimum absolute atomic E-state index is 0.501. The summed E-state index contributed by atoms with van der Waals surface area (Å²) in [7, 11) is 0. The molecular formula is C16H15ClO2S. The van der Waals surface area contributed by atoms with Crippen LogP contribution < -0.4 is 0 Å². The second-order valence-electron chi connectivity index (χ2n) is 4.59. The first-order valence-corrected chi connectivity index (χ1v) is 7.51. The van der Waals surface area contributed by atoms with E-state index in [0.717, 1.165) is 10.5 Å². The van der Waals surface area contributed by atoms with Crippen LogP contribution in [-0.2, 0) is 11.2 Å². The minimum Gasteiger partial charge on any atom is -0.480 e. The highest BCUT2D eigenvalue weighted by atomic mass is 35.5. The van der Waals surface area contributed by atoms with Crippen LogP contribution in [-0.4, -0.2) is 16.3 Å². The van der Waals surface area contributed by atoms with Crippen LogP contribution in [0.1, 0.15) is 11.1 Å². The van der Waals surface area contributed by atoms with Gasteiger partial charge in [-0.05, 0) is 43.2 Å². The number of carboxylic acid groups (broad SMARTS) is 1. The summed E-state index contributed by atoms with van der Waals surface area (Å²) < 4.78 is 0. The Hall–Kier alpha value is -1.45. The largest absolute Gasteiger partial charge is 0.480 e. The third kappa shape index (κ3) is 4.29. The highest BCUT2D eigenvalue weighted by molar-refractivity contribution is 8.00. The smallest absolute Gasteiger partial charge is 0.317 e. The molecule has 0 heterocycles. The fraction of sp³-hybridized carbons (Fsp3) is 0.188. The first-order valence-electron chi connectivity index (χ1n) is 6.25. The van der Waals surface area contributed by atoms with Crippen molar-refractivity contribution in [1.29, 1.82) is 0 Å². The topological polar surface area (TPSA) is 37.3 Å². The molecule has 0 radical (unpaired) electrons. The van der Waals surface area contributed by atoms with Gasteiger partial charge in [-0.2, -0.15) is 0 Å². The average molecular weight is 307 g/mol. The van der Waals surface area contributed by atoms with Crippen LogP contribution in [0, 0.1) is 6.92 Å². The van der Waals surface area contributed by atoms with Crippen LogP contribution in [0.25, 0.3) is 0 Å². The van der Waals surface area contributed by atoms with E-state index in [0.29, 0.717) is 11.4 Å². The molecule has 0 amide bonds. The van der Waals surface area contributed by atoms with Gasteiger partial charge in [0.05, 0.1) is 0 Å². The monoisotopic (exact) mass is 306 g/mol. The number of aryl methyl sites for hydroxylation is 1. The standard InChI is InChI=1S/C16H15ClO2S/c1-11-2-4-12(5-3-11)10-15(16(18)19)20-14-8-6-13(17)7-9-14/h2-9,15H,10H2,1H3,(H,18,19)/t15-/m1/s1. The summed E-state index contributed by atoms with van der Waals surface area (Å²) >= 11 is 7.18. The van der Waals surface area contributed by atoms with E-state index < -0.39 is 11.2 Å². The Morgan fingerprint density at radius 3 is 2.30 bits per heavy atom. The fourth-order valence-electron chi connectivity index (χ4n) is 1.80. The predicted octanol–water partition coefficient (Wildman–Crippen LogP) is 4.44. The van der Waals surface area contributed by atoms with Crippen molar-refractivity contribution in [3.63, 3.8) is 0 Å². The normalized spacial score (nSPS) is 12.1. The van der Waals surface area contributed by atoms with Crippen LogP contribution in [0.5, 0.6) is 0 Å². The van der Waals surface area contributed by atoms with Gasteiger partial charge in [-0.25, -0.2) is 0 Å². The molecule has 2 rings (SSSR count). The third-order valence-corrected chi connectivity index (χ3v) is 4.36. The lowest BCUT2D eigenvalue weighted by molar-refractivity contribution is -0.136. The molecule has 2 aromatic carbocycles. The Morgan fingerprint density at radius 2 is 1.75 bits per heavy atom. The van der Waals surface area contributed by atoms with Gasteiger partial charge in [0.2, 0.25) is 0 Å². The van der Waals surface area contributed by atoms with Gasteiger partial charge in [-0.3, -0.25) is 4.79 Å². The number of halogens is 1. The van der Waals surface area contributed by atoms with Gasteiger partial charge >= 0.3 is 5.97 Å². The Kier molecular flexibility index (Phi) is 5.10. The zero-order valence-corrected chi connectivity index (χ0v) is 12.6.